The summed E-state index contributed by atoms with van der Waals surface area (Å²) in [5.41, 5.74) is 5.54. The van der Waals surface area contributed by atoms with Crippen LogP contribution < -0.4 is 5.73 Å². The molecular weight excluding hydrogens is 180 g/mol. The van der Waals surface area contributed by atoms with Crippen LogP contribution in [0.2, 0.25) is 0 Å². The highest BCUT2D eigenvalue weighted by Gasteiger charge is 2.23. The summed E-state index contributed by atoms with van der Waals surface area (Å²) >= 11 is 0. The van der Waals surface area contributed by atoms with Gasteiger partial charge in [-0.25, -0.2) is 0 Å². The molecule has 1 aromatic heterocycles. The Hall–Kier alpha value is -0.940. The molecule has 5 nitrogen and oxygen atoms in total. The first-order valence-corrected chi connectivity index (χ1v) is 5.04. The third kappa shape index (κ3) is 1.65. The summed E-state index contributed by atoms with van der Waals surface area (Å²) in [6.45, 7) is 4.16. The molecule has 0 spiro atoms. The standard InChI is InChI=1S/C9H16N4O/c1-7-11-12-9(13(7)5-4-10)8-3-2-6-14-8/h8H,2-6,10H2,1H3. The van der Waals surface area contributed by atoms with Crippen LogP contribution in [0.5, 0.6) is 0 Å². The molecule has 0 aliphatic carbocycles. The smallest absolute Gasteiger partial charge is 0.162 e. The van der Waals surface area contributed by atoms with Gasteiger partial charge in [0.05, 0.1) is 0 Å². The van der Waals surface area contributed by atoms with Crippen molar-refractivity contribution in [1.82, 2.24) is 14.8 Å². The molecule has 1 aromatic rings. The van der Waals surface area contributed by atoms with Crippen molar-refractivity contribution in [1.29, 1.82) is 0 Å². The van der Waals surface area contributed by atoms with E-state index in [-0.39, 0.29) is 6.10 Å². The van der Waals surface area contributed by atoms with Crippen molar-refractivity contribution in [2.75, 3.05) is 13.2 Å². The molecule has 1 atom stereocenters. The first kappa shape index (κ1) is 9.61. The maximum absolute atomic E-state index is 5.58. The van der Waals surface area contributed by atoms with Crippen molar-refractivity contribution >= 4 is 0 Å². The number of aryl methyl sites for hydroxylation is 1. The van der Waals surface area contributed by atoms with Gasteiger partial charge in [0.25, 0.3) is 0 Å². The van der Waals surface area contributed by atoms with E-state index in [4.69, 9.17) is 10.5 Å². The molecule has 1 aliphatic heterocycles. The molecule has 0 bridgehead atoms. The van der Waals surface area contributed by atoms with Crippen LogP contribution in [0.25, 0.3) is 0 Å². The summed E-state index contributed by atoms with van der Waals surface area (Å²) in [6.07, 6.45) is 2.28. The summed E-state index contributed by atoms with van der Waals surface area (Å²) in [4.78, 5) is 0. The fraction of sp³-hybridized carbons (Fsp3) is 0.778. The van der Waals surface area contributed by atoms with Crippen molar-refractivity contribution in [2.24, 2.45) is 5.73 Å². The minimum absolute atomic E-state index is 0.128. The quantitative estimate of drug-likeness (QED) is 0.759. The maximum Gasteiger partial charge on any atom is 0.162 e. The van der Waals surface area contributed by atoms with E-state index in [1.807, 2.05) is 6.92 Å². The minimum Gasteiger partial charge on any atom is -0.370 e. The Labute approximate surface area is 83.3 Å². The Balaban J connectivity index is 2.22. The van der Waals surface area contributed by atoms with Gasteiger partial charge >= 0.3 is 0 Å². The van der Waals surface area contributed by atoms with E-state index >= 15 is 0 Å². The molecule has 2 N–H and O–H groups in total. The molecule has 78 valence electrons. The number of nitrogens with zero attached hydrogens (tertiary/aromatic N) is 3. The van der Waals surface area contributed by atoms with Crippen molar-refractivity contribution in [2.45, 2.75) is 32.4 Å². The lowest BCUT2D eigenvalue weighted by Gasteiger charge is -2.11. The second-order valence-corrected chi connectivity index (χ2v) is 3.55. The van der Waals surface area contributed by atoms with Crippen molar-refractivity contribution in [3.05, 3.63) is 11.6 Å². The molecular formula is C9H16N4O. The molecule has 1 fully saturated rings. The van der Waals surface area contributed by atoms with Crippen LogP contribution in [-0.4, -0.2) is 27.9 Å². The number of rotatable bonds is 3. The third-order valence-electron chi connectivity index (χ3n) is 2.53. The summed E-state index contributed by atoms with van der Waals surface area (Å²) < 4.78 is 7.63. The zero-order chi connectivity index (χ0) is 9.97. The predicted octanol–water partition coefficient (Wildman–Crippen LogP) is 0.397. The molecule has 14 heavy (non-hydrogen) atoms. The van der Waals surface area contributed by atoms with E-state index in [0.29, 0.717) is 6.54 Å². The Morgan fingerprint density at radius 3 is 3.07 bits per heavy atom. The highest BCUT2D eigenvalue weighted by molar-refractivity contribution is 4.99. The van der Waals surface area contributed by atoms with Crippen molar-refractivity contribution in [3.63, 3.8) is 0 Å². The normalized spacial score (nSPS) is 21.7. The van der Waals surface area contributed by atoms with E-state index in [9.17, 15) is 0 Å². The Morgan fingerprint density at radius 1 is 1.57 bits per heavy atom. The first-order valence-electron chi connectivity index (χ1n) is 5.04. The predicted molar refractivity (Wildman–Crippen MR) is 51.7 cm³/mol. The third-order valence-corrected chi connectivity index (χ3v) is 2.53. The van der Waals surface area contributed by atoms with Gasteiger partial charge in [0.2, 0.25) is 0 Å². The monoisotopic (exact) mass is 196 g/mol. The largest absolute Gasteiger partial charge is 0.370 e. The van der Waals surface area contributed by atoms with Crippen LogP contribution >= 0.6 is 0 Å². The van der Waals surface area contributed by atoms with Crippen LogP contribution in [0.3, 0.4) is 0 Å². The first-order chi connectivity index (χ1) is 6.83. The Kier molecular flexibility index (Phi) is 2.79. The summed E-state index contributed by atoms with van der Waals surface area (Å²) in [6, 6.07) is 0. The Bertz CT molecular complexity index is 304. The number of ether oxygens (including phenoxy) is 1. The van der Waals surface area contributed by atoms with E-state index in [1.165, 1.54) is 0 Å². The number of hydrogen-bond donors (Lipinski definition) is 1. The SMILES string of the molecule is Cc1nnc(C2CCCO2)n1CCN. The molecule has 2 heterocycles. The van der Waals surface area contributed by atoms with Gasteiger partial charge in [-0.2, -0.15) is 0 Å². The van der Waals surface area contributed by atoms with Gasteiger partial charge in [0, 0.05) is 19.7 Å². The van der Waals surface area contributed by atoms with Gasteiger partial charge in [0.15, 0.2) is 5.82 Å². The van der Waals surface area contributed by atoms with Crippen LogP contribution in [-0.2, 0) is 11.3 Å². The van der Waals surface area contributed by atoms with E-state index in [0.717, 1.165) is 37.6 Å². The summed E-state index contributed by atoms with van der Waals surface area (Å²) in [7, 11) is 0. The highest BCUT2D eigenvalue weighted by Crippen LogP contribution is 2.27. The van der Waals surface area contributed by atoms with Gasteiger partial charge in [0.1, 0.15) is 11.9 Å². The lowest BCUT2D eigenvalue weighted by Crippen LogP contribution is -2.16. The average Bonchev–Trinajstić information content (AvgIpc) is 2.77. The zero-order valence-corrected chi connectivity index (χ0v) is 8.44. The molecule has 1 unspecified atom stereocenters. The maximum atomic E-state index is 5.58. The lowest BCUT2D eigenvalue weighted by atomic mass is 10.2. The van der Waals surface area contributed by atoms with Gasteiger partial charge in [-0.15, -0.1) is 10.2 Å². The number of nitrogens with two attached hydrogens (primary N) is 1. The topological polar surface area (TPSA) is 66.0 Å². The van der Waals surface area contributed by atoms with Crippen LogP contribution in [0.1, 0.15) is 30.6 Å². The Morgan fingerprint density at radius 2 is 2.43 bits per heavy atom. The van der Waals surface area contributed by atoms with Gasteiger partial charge in [-0.1, -0.05) is 0 Å². The van der Waals surface area contributed by atoms with E-state index in [2.05, 4.69) is 14.8 Å². The summed E-state index contributed by atoms with van der Waals surface area (Å²) in [5, 5.41) is 8.21. The van der Waals surface area contributed by atoms with Crippen LogP contribution in [0, 0.1) is 6.92 Å². The summed E-state index contributed by atoms with van der Waals surface area (Å²) in [5.74, 6) is 1.85. The van der Waals surface area contributed by atoms with Crippen LogP contribution in [0.4, 0.5) is 0 Å². The second-order valence-electron chi connectivity index (χ2n) is 3.55. The molecule has 0 amide bonds. The van der Waals surface area contributed by atoms with Crippen LogP contribution in [0.15, 0.2) is 0 Å². The van der Waals surface area contributed by atoms with Gasteiger partial charge in [-0.05, 0) is 19.8 Å². The van der Waals surface area contributed by atoms with E-state index in [1.54, 1.807) is 0 Å². The van der Waals surface area contributed by atoms with Crippen molar-refractivity contribution in [3.8, 4) is 0 Å². The highest BCUT2D eigenvalue weighted by atomic mass is 16.5. The van der Waals surface area contributed by atoms with Gasteiger partial charge in [-0.3, -0.25) is 0 Å². The molecule has 2 rings (SSSR count). The van der Waals surface area contributed by atoms with Crippen molar-refractivity contribution < 1.29 is 4.74 Å². The van der Waals surface area contributed by atoms with Gasteiger partial charge < -0.3 is 15.0 Å². The fourth-order valence-electron chi connectivity index (χ4n) is 1.82. The second kappa shape index (κ2) is 4.06. The fourth-order valence-corrected chi connectivity index (χ4v) is 1.82. The average molecular weight is 196 g/mol. The molecule has 5 heteroatoms. The molecule has 1 saturated heterocycles. The molecule has 0 radical (unpaired) electrons. The molecule has 0 saturated carbocycles. The molecule has 0 aromatic carbocycles. The lowest BCUT2D eigenvalue weighted by molar-refractivity contribution is 0.101. The molecule has 1 aliphatic rings. The number of aromatic nitrogens is 3. The number of hydrogen-bond acceptors (Lipinski definition) is 4. The van der Waals surface area contributed by atoms with E-state index < -0.39 is 0 Å². The zero-order valence-electron chi connectivity index (χ0n) is 8.44. The minimum atomic E-state index is 0.128.